The molecule has 1 aromatic rings. The van der Waals surface area contributed by atoms with E-state index in [0.717, 1.165) is 11.3 Å². The number of hydrogen-bond acceptors (Lipinski definition) is 4. The average molecular weight is 319 g/mol. The standard InChI is InChI=1S/C17H25N3O3/c1-5-10-23-15-8-6-14(7-9-15)12-20(4)13-16(21)18-11-17(22)19(2)3/h5-9H,1,10-13H2,2-4H3,(H,18,21). The summed E-state index contributed by atoms with van der Waals surface area (Å²) in [6.07, 6.45) is 1.70. The molecule has 0 atom stereocenters. The summed E-state index contributed by atoms with van der Waals surface area (Å²) in [5, 5.41) is 2.61. The van der Waals surface area contributed by atoms with Crippen molar-refractivity contribution in [2.24, 2.45) is 0 Å². The van der Waals surface area contributed by atoms with Gasteiger partial charge in [0.1, 0.15) is 12.4 Å². The highest BCUT2D eigenvalue weighted by Gasteiger charge is 2.10. The molecular weight excluding hydrogens is 294 g/mol. The van der Waals surface area contributed by atoms with Crippen LogP contribution in [0, 0.1) is 0 Å². The molecule has 0 unspecified atom stereocenters. The van der Waals surface area contributed by atoms with Crippen LogP contribution in [-0.4, -0.2) is 62.5 Å². The Balaban J connectivity index is 2.37. The summed E-state index contributed by atoms with van der Waals surface area (Å²) >= 11 is 0. The molecule has 2 amide bonds. The quantitative estimate of drug-likeness (QED) is 0.687. The van der Waals surface area contributed by atoms with Crippen molar-refractivity contribution in [3.05, 3.63) is 42.5 Å². The first kappa shape index (κ1) is 18.7. The second-order valence-corrected chi connectivity index (χ2v) is 5.48. The van der Waals surface area contributed by atoms with Gasteiger partial charge in [0, 0.05) is 20.6 Å². The zero-order valence-corrected chi connectivity index (χ0v) is 14.0. The van der Waals surface area contributed by atoms with Crippen LogP contribution in [0.3, 0.4) is 0 Å². The van der Waals surface area contributed by atoms with Crippen LogP contribution < -0.4 is 10.1 Å². The van der Waals surface area contributed by atoms with Crippen molar-refractivity contribution < 1.29 is 14.3 Å². The summed E-state index contributed by atoms with van der Waals surface area (Å²) in [4.78, 5) is 26.5. The minimum Gasteiger partial charge on any atom is -0.490 e. The number of benzene rings is 1. The highest BCUT2D eigenvalue weighted by Crippen LogP contribution is 2.13. The Hall–Kier alpha value is -2.34. The molecule has 0 aromatic heterocycles. The lowest BCUT2D eigenvalue weighted by molar-refractivity contribution is -0.131. The molecule has 6 heteroatoms. The fraction of sp³-hybridized carbons (Fsp3) is 0.412. The number of nitrogens with zero attached hydrogens (tertiary/aromatic N) is 2. The normalized spacial score (nSPS) is 10.3. The predicted molar refractivity (Wildman–Crippen MR) is 90.2 cm³/mol. The molecule has 0 bridgehead atoms. The first-order valence-corrected chi connectivity index (χ1v) is 7.40. The molecule has 0 saturated carbocycles. The largest absolute Gasteiger partial charge is 0.490 e. The van der Waals surface area contributed by atoms with E-state index >= 15 is 0 Å². The number of carbonyl (C=O) groups excluding carboxylic acids is 2. The van der Waals surface area contributed by atoms with E-state index in [0.29, 0.717) is 13.2 Å². The van der Waals surface area contributed by atoms with Crippen LogP contribution in [-0.2, 0) is 16.1 Å². The van der Waals surface area contributed by atoms with Gasteiger partial charge in [-0.2, -0.15) is 0 Å². The van der Waals surface area contributed by atoms with Crippen LogP contribution in [0.4, 0.5) is 0 Å². The van der Waals surface area contributed by atoms with Crippen LogP contribution >= 0.6 is 0 Å². The summed E-state index contributed by atoms with van der Waals surface area (Å²) in [6, 6.07) is 7.70. The molecule has 6 nitrogen and oxygen atoms in total. The van der Waals surface area contributed by atoms with Crippen molar-refractivity contribution >= 4 is 11.8 Å². The van der Waals surface area contributed by atoms with Gasteiger partial charge in [-0.05, 0) is 24.7 Å². The van der Waals surface area contributed by atoms with Gasteiger partial charge >= 0.3 is 0 Å². The molecule has 0 fully saturated rings. The molecule has 1 N–H and O–H groups in total. The Morgan fingerprint density at radius 3 is 2.43 bits per heavy atom. The maximum Gasteiger partial charge on any atom is 0.241 e. The summed E-state index contributed by atoms with van der Waals surface area (Å²) in [5.74, 6) is 0.487. The third-order valence-corrected chi connectivity index (χ3v) is 3.09. The Bertz CT molecular complexity index is 526. The predicted octanol–water partition coefficient (Wildman–Crippen LogP) is 0.888. The van der Waals surface area contributed by atoms with E-state index in [1.165, 1.54) is 4.90 Å². The first-order valence-electron chi connectivity index (χ1n) is 7.40. The molecule has 0 aliphatic carbocycles. The van der Waals surface area contributed by atoms with Gasteiger partial charge in [0.2, 0.25) is 11.8 Å². The number of carbonyl (C=O) groups is 2. The van der Waals surface area contributed by atoms with Crippen molar-refractivity contribution in [1.29, 1.82) is 0 Å². The van der Waals surface area contributed by atoms with Crippen molar-refractivity contribution in [3.63, 3.8) is 0 Å². The number of amides is 2. The number of nitrogens with one attached hydrogen (secondary N) is 1. The van der Waals surface area contributed by atoms with Crippen molar-refractivity contribution in [3.8, 4) is 5.75 Å². The van der Waals surface area contributed by atoms with Gasteiger partial charge in [-0.25, -0.2) is 0 Å². The SMILES string of the molecule is C=CCOc1ccc(CN(C)CC(=O)NCC(=O)N(C)C)cc1. The van der Waals surface area contributed by atoms with Crippen molar-refractivity contribution in [2.75, 3.05) is 40.8 Å². The number of ether oxygens (including phenoxy) is 1. The third kappa shape index (κ3) is 7.46. The van der Waals surface area contributed by atoms with Crippen LogP contribution in [0.2, 0.25) is 0 Å². The average Bonchev–Trinajstić information content (AvgIpc) is 2.51. The Morgan fingerprint density at radius 2 is 1.87 bits per heavy atom. The minimum absolute atomic E-state index is 0.0228. The minimum atomic E-state index is -0.173. The van der Waals surface area contributed by atoms with Crippen molar-refractivity contribution in [2.45, 2.75) is 6.54 Å². The van der Waals surface area contributed by atoms with E-state index in [9.17, 15) is 9.59 Å². The molecule has 0 radical (unpaired) electrons. The Kier molecular flexibility index (Phi) is 7.83. The van der Waals surface area contributed by atoms with Gasteiger partial charge in [0.15, 0.2) is 0 Å². The van der Waals surface area contributed by atoms with Crippen LogP contribution in [0.25, 0.3) is 0 Å². The smallest absolute Gasteiger partial charge is 0.241 e. The van der Waals surface area contributed by atoms with Gasteiger partial charge in [-0.1, -0.05) is 24.8 Å². The molecule has 0 saturated heterocycles. The maximum absolute atomic E-state index is 11.8. The summed E-state index contributed by atoms with van der Waals surface area (Å²) in [5.41, 5.74) is 1.08. The summed E-state index contributed by atoms with van der Waals surface area (Å²) in [7, 11) is 5.17. The van der Waals surface area contributed by atoms with E-state index in [2.05, 4.69) is 11.9 Å². The van der Waals surface area contributed by atoms with E-state index in [4.69, 9.17) is 4.74 Å². The first-order chi connectivity index (χ1) is 10.9. The topological polar surface area (TPSA) is 61.9 Å². The van der Waals surface area contributed by atoms with Crippen LogP contribution in [0.15, 0.2) is 36.9 Å². The summed E-state index contributed by atoms with van der Waals surface area (Å²) in [6.45, 7) is 4.97. The second-order valence-electron chi connectivity index (χ2n) is 5.48. The van der Waals surface area contributed by atoms with Gasteiger partial charge in [-0.3, -0.25) is 14.5 Å². The van der Waals surface area contributed by atoms with Crippen molar-refractivity contribution in [1.82, 2.24) is 15.1 Å². The second kappa shape index (κ2) is 9.63. The van der Waals surface area contributed by atoms with Gasteiger partial charge in [0.05, 0.1) is 13.1 Å². The Morgan fingerprint density at radius 1 is 1.22 bits per heavy atom. The van der Waals surface area contributed by atoms with Gasteiger partial charge in [-0.15, -0.1) is 0 Å². The molecule has 0 heterocycles. The molecule has 23 heavy (non-hydrogen) atoms. The highest BCUT2D eigenvalue weighted by atomic mass is 16.5. The fourth-order valence-electron chi connectivity index (χ4n) is 1.85. The molecule has 1 rings (SSSR count). The molecular formula is C17H25N3O3. The number of likely N-dealkylation sites (N-methyl/N-ethyl adjacent to an activating group) is 2. The zero-order valence-electron chi connectivity index (χ0n) is 14.0. The zero-order chi connectivity index (χ0) is 17.2. The molecule has 1 aromatic carbocycles. The molecule has 0 aliphatic heterocycles. The van der Waals surface area contributed by atoms with E-state index in [1.54, 1.807) is 20.2 Å². The number of rotatable bonds is 9. The van der Waals surface area contributed by atoms with Gasteiger partial charge < -0.3 is 15.0 Å². The van der Waals surface area contributed by atoms with Crippen LogP contribution in [0.5, 0.6) is 5.75 Å². The lowest BCUT2D eigenvalue weighted by atomic mass is 10.2. The van der Waals surface area contributed by atoms with E-state index < -0.39 is 0 Å². The number of hydrogen-bond donors (Lipinski definition) is 1. The molecule has 0 spiro atoms. The molecule has 0 aliphatic rings. The lowest BCUT2D eigenvalue weighted by Crippen LogP contribution is -2.40. The molecule has 126 valence electrons. The lowest BCUT2D eigenvalue weighted by Gasteiger charge is -2.17. The highest BCUT2D eigenvalue weighted by molar-refractivity contribution is 5.85. The fourth-order valence-corrected chi connectivity index (χ4v) is 1.85. The maximum atomic E-state index is 11.8. The van der Waals surface area contributed by atoms with E-state index in [-0.39, 0.29) is 24.9 Å². The van der Waals surface area contributed by atoms with E-state index in [1.807, 2.05) is 36.2 Å². The summed E-state index contributed by atoms with van der Waals surface area (Å²) < 4.78 is 5.42. The van der Waals surface area contributed by atoms with Gasteiger partial charge in [0.25, 0.3) is 0 Å². The third-order valence-electron chi connectivity index (χ3n) is 3.09. The van der Waals surface area contributed by atoms with Crippen LogP contribution in [0.1, 0.15) is 5.56 Å². The Labute approximate surface area is 137 Å². The monoisotopic (exact) mass is 319 g/mol.